The third kappa shape index (κ3) is 1.77. The van der Waals surface area contributed by atoms with E-state index < -0.39 is 5.97 Å². The van der Waals surface area contributed by atoms with Gasteiger partial charge < -0.3 is 5.11 Å². The molecule has 90 valence electrons. The molecule has 0 radical (unpaired) electrons. The molecule has 16 heavy (non-hydrogen) atoms. The van der Waals surface area contributed by atoms with Gasteiger partial charge in [-0.15, -0.1) is 0 Å². The molecule has 1 unspecified atom stereocenters. The topological polar surface area (TPSA) is 37.3 Å². The quantitative estimate of drug-likeness (QED) is 0.744. The lowest BCUT2D eigenvalue weighted by Crippen LogP contribution is -2.48. The first-order chi connectivity index (χ1) is 7.63. The minimum absolute atomic E-state index is 0.0903. The maximum atomic E-state index is 10.8. The third-order valence-corrected chi connectivity index (χ3v) is 5.65. The highest BCUT2D eigenvalue weighted by molar-refractivity contribution is 7.81. The molecule has 4 saturated carbocycles. The molecule has 3 heteroatoms. The highest BCUT2D eigenvalue weighted by Crippen LogP contribution is 2.58. The van der Waals surface area contributed by atoms with Crippen LogP contribution in [-0.2, 0) is 4.79 Å². The van der Waals surface area contributed by atoms with Gasteiger partial charge in [-0.25, -0.2) is 0 Å². The number of hydrogen-bond donors (Lipinski definition) is 2. The monoisotopic (exact) mass is 240 g/mol. The molecule has 0 spiro atoms. The first-order valence-electron chi connectivity index (χ1n) is 6.53. The molecule has 0 aliphatic heterocycles. The van der Waals surface area contributed by atoms with Crippen LogP contribution in [0.5, 0.6) is 0 Å². The molecule has 1 N–H and O–H groups in total. The summed E-state index contributed by atoms with van der Waals surface area (Å²) in [4.78, 5) is 10.8. The standard InChI is InChI=1S/C13H20O2S/c14-12(15)6-11(16)13-9-2-7-1-8(4-9)5-10(13)3-7/h7-11,13,16H,1-6H2,(H,14,15). The summed E-state index contributed by atoms with van der Waals surface area (Å²) in [6, 6.07) is 0. The van der Waals surface area contributed by atoms with Crippen LogP contribution in [-0.4, -0.2) is 16.3 Å². The van der Waals surface area contributed by atoms with E-state index in [9.17, 15) is 4.79 Å². The van der Waals surface area contributed by atoms with Gasteiger partial charge in [0.25, 0.3) is 0 Å². The van der Waals surface area contributed by atoms with Gasteiger partial charge in [-0.2, -0.15) is 12.6 Å². The van der Waals surface area contributed by atoms with Crippen molar-refractivity contribution in [1.82, 2.24) is 0 Å². The zero-order valence-electron chi connectivity index (χ0n) is 9.51. The first-order valence-corrected chi connectivity index (χ1v) is 7.05. The summed E-state index contributed by atoms with van der Waals surface area (Å²) in [5.41, 5.74) is 0. The van der Waals surface area contributed by atoms with Crippen molar-refractivity contribution in [2.75, 3.05) is 0 Å². The lowest BCUT2D eigenvalue weighted by atomic mass is 9.51. The number of thiol groups is 1. The van der Waals surface area contributed by atoms with Gasteiger partial charge >= 0.3 is 5.97 Å². The minimum Gasteiger partial charge on any atom is -0.481 e. The second kappa shape index (κ2) is 3.94. The maximum Gasteiger partial charge on any atom is 0.304 e. The predicted octanol–water partition coefficient (Wildman–Crippen LogP) is 2.83. The molecule has 0 heterocycles. The molecule has 4 bridgehead atoms. The van der Waals surface area contributed by atoms with Crippen LogP contribution in [0.2, 0.25) is 0 Å². The first kappa shape index (κ1) is 10.9. The highest BCUT2D eigenvalue weighted by Gasteiger charge is 2.49. The summed E-state index contributed by atoms with van der Waals surface area (Å²) in [6.45, 7) is 0. The van der Waals surface area contributed by atoms with Gasteiger partial charge in [0.2, 0.25) is 0 Å². The zero-order valence-corrected chi connectivity index (χ0v) is 10.4. The van der Waals surface area contributed by atoms with E-state index in [0.717, 1.165) is 23.7 Å². The largest absolute Gasteiger partial charge is 0.481 e. The molecule has 0 aromatic carbocycles. The van der Waals surface area contributed by atoms with Crippen LogP contribution >= 0.6 is 12.6 Å². The van der Waals surface area contributed by atoms with Gasteiger partial charge in [-0.3, -0.25) is 4.79 Å². The molecule has 4 fully saturated rings. The van der Waals surface area contributed by atoms with Crippen LogP contribution in [0.15, 0.2) is 0 Å². The van der Waals surface area contributed by atoms with Gasteiger partial charge in [0.1, 0.15) is 0 Å². The van der Waals surface area contributed by atoms with Gasteiger partial charge in [-0.1, -0.05) is 0 Å². The molecule has 1 atom stereocenters. The van der Waals surface area contributed by atoms with Crippen molar-refractivity contribution in [3.05, 3.63) is 0 Å². The molecule has 0 aromatic rings. The van der Waals surface area contributed by atoms with Crippen LogP contribution in [0.4, 0.5) is 0 Å². The smallest absolute Gasteiger partial charge is 0.304 e. The van der Waals surface area contributed by atoms with Crippen molar-refractivity contribution < 1.29 is 9.90 Å². The van der Waals surface area contributed by atoms with E-state index in [4.69, 9.17) is 5.11 Å². The molecular formula is C13H20O2S. The van der Waals surface area contributed by atoms with Crippen molar-refractivity contribution >= 4 is 18.6 Å². The van der Waals surface area contributed by atoms with E-state index in [-0.39, 0.29) is 11.7 Å². The summed E-state index contributed by atoms with van der Waals surface area (Å²) in [5, 5.41) is 8.98. The number of carboxylic acids is 1. The summed E-state index contributed by atoms with van der Waals surface area (Å²) >= 11 is 4.58. The van der Waals surface area contributed by atoms with Crippen molar-refractivity contribution in [1.29, 1.82) is 0 Å². The Morgan fingerprint density at radius 3 is 2.06 bits per heavy atom. The number of carbonyl (C=O) groups is 1. The van der Waals surface area contributed by atoms with Crippen LogP contribution < -0.4 is 0 Å². The van der Waals surface area contributed by atoms with Crippen LogP contribution in [0.3, 0.4) is 0 Å². The maximum absolute atomic E-state index is 10.8. The molecule has 4 aliphatic rings. The third-order valence-electron chi connectivity index (χ3n) is 5.13. The van der Waals surface area contributed by atoms with Crippen LogP contribution in [0.25, 0.3) is 0 Å². The Kier molecular flexibility index (Phi) is 2.69. The van der Waals surface area contributed by atoms with Crippen LogP contribution in [0, 0.1) is 29.6 Å². The summed E-state index contributed by atoms with van der Waals surface area (Å²) in [5.74, 6) is 3.41. The lowest BCUT2D eigenvalue weighted by Gasteiger charge is -2.55. The number of carboxylic acid groups (broad SMARTS) is 1. The van der Waals surface area contributed by atoms with E-state index >= 15 is 0 Å². The SMILES string of the molecule is O=C(O)CC(S)C1C2CC3CC(C2)CC1C3. The van der Waals surface area contributed by atoms with E-state index in [0.29, 0.717) is 5.92 Å². The fourth-order valence-electron chi connectivity index (χ4n) is 4.91. The van der Waals surface area contributed by atoms with E-state index in [2.05, 4.69) is 12.6 Å². The normalized spacial score (nSPS) is 46.9. The molecule has 2 nitrogen and oxygen atoms in total. The molecule has 0 amide bonds. The summed E-state index contributed by atoms with van der Waals surface area (Å²) in [7, 11) is 0. The van der Waals surface area contributed by atoms with Crippen molar-refractivity contribution in [3.63, 3.8) is 0 Å². The molecule has 0 aromatic heterocycles. The van der Waals surface area contributed by atoms with Gasteiger partial charge in [-0.05, 0) is 61.7 Å². The van der Waals surface area contributed by atoms with E-state index in [1.165, 1.54) is 32.1 Å². The predicted molar refractivity (Wildman–Crippen MR) is 65.6 cm³/mol. The minimum atomic E-state index is -0.686. The Labute approximate surface area is 102 Å². The lowest BCUT2D eigenvalue weighted by molar-refractivity contribution is -0.137. The fourth-order valence-corrected chi connectivity index (χ4v) is 5.55. The van der Waals surface area contributed by atoms with Crippen LogP contribution in [0.1, 0.15) is 38.5 Å². The summed E-state index contributed by atoms with van der Waals surface area (Å²) in [6.07, 6.45) is 7.12. The second-order valence-electron chi connectivity index (χ2n) is 6.17. The van der Waals surface area contributed by atoms with Gasteiger partial charge in [0, 0.05) is 5.25 Å². The number of hydrogen-bond acceptors (Lipinski definition) is 2. The zero-order chi connectivity index (χ0) is 11.3. The van der Waals surface area contributed by atoms with Crippen molar-refractivity contribution in [2.45, 2.75) is 43.8 Å². The summed E-state index contributed by atoms with van der Waals surface area (Å²) < 4.78 is 0. The molecule has 0 saturated heterocycles. The fraction of sp³-hybridized carbons (Fsp3) is 0.923. The number of rotatable bonds is 3. The Morgan fingerprint density at radius 2 is 1.62 bits per heavy atom. The average Bonchev–Trinajstić information content (AvgIpc) is 2.13. The van der Waals surface area contributed by atoms with Crippen molar-refractivity contribution in [3.8, 4) is 0 Å². The molecule has 4 aliphatic carbocycles. The molecule has 4 rings (SSSR count). The number of aliphatic carboxylic acids is 1. The highest BCUT2D eigenvalue weighted by atomic mass is 32.1. The Morgan fingerprint density at radius 1 is 1.12 bits per heavy atom. The molecular weight excluding hydrogens is 220 g/mol. The Balaban J connectivity index is 1.73. The second-order valence-corrected chi connectivity index (χ2v) is 6.84. The van der Waals surface area contributed by atoms with E-state index in [1.54, 1.807) is 0 Å². The Bertz CT molecular complexity index is 274. The average molecular weight is 240 g/mol. The Hall–Kier alpha value is -0.180. The van der Waals surface area contributed by atoms with Gasteiger partial charge in [0.15, 0.2) is 0 Å². The van der Waals surface area contributed by atoms with Crippen molar-refractivity contribution in [2.24, 2.45) is 29.6 Å². The van der Waals surface area contributed by atoms with Gasteiger partial charge in [0.05, 0.1) is 6.42 Å². The van der Waals surface area contributed by atoms with E-state index in [1.807, 2.05) is 0 Å².